The minimum Gasteiger partial charge on any atom is -0.334 e. The van der Waals surface area contributed by atoms with Crippen LogP contribution in [-0.4, -0.2) is 11.1 Å². The molecule has 2 aliphatic heterocycles. The zero-order valence-corrected chi connectivity index (χ0v) is 48.4. The predicted octanol–water partition coefficient (Wildman–Crippen LogP) is 21.2. The molecule has 4 nitrogen and oxygen atoms in total. The van der Waals surface area contributed by atoms with Crippen LogP contribution in [0.25, 0.3) is 88.3 Å². The number of anilines is 4. The standard InChI is InChI=1S/C80H66N4/c1-77-43-11-13-45-79(77,3)83(65-35-19-53(51-81)20-36-65)73-41-33-63(49-71(73)77)61-31-39-67-69(47-61)75(59-27-23-57(24-28-59)55-15-7-5-8-16-55)68-40-32-62(48-70(68)76(67)60-29-25-58(26-30-60)56-17-9-6-10-18-56)64-34-42-74-72(50-64)78(2)44-12-14-46-80(78,4)84(74)66-37-21-54(52-82)22-38-66/h5-10,15-42,47-50H,11-14,43-46H2,1-4H3. The maximum absolute atomic E-state index is 9.74. The molecular formula is C80H66N4. The molecule has 2 fully saturated rings. The lowest BCUT2D eigenvalue weighted by molar-refractivity contribution is 0.195. The molecule has 2 heterocycles. The van der Waals surface area contributed by atoms with E-state index in [2.05, 4.69) is 256 Å². The maximum atomic E-state index is 9.74. The SMILES string of the molecule is CC12CCCCC1(C)N(c1ccc(C#N)cc1)c1ccc(-c3ccc4c(-c5ccc(-c6ccccc6)cc5)c5cc(-c6ccc7c(c6)C6(C)CCCCC6(C)N7c6ccc(C#N)cc6)ccc5c(-c5ccc(-c6ccccc6)cc5)c4c3)cc12. The van der Waals surface area contributed by atoms with Crippen LogP contribution in [0.15, 0.2) is 231 Å². The smallest absolute Gasteiger partial charge is 0.0991 e. The highest BCUT2D eigenvalue weighted by atomic mass is 15.3. The molecule has 2 saturated carbocycles. The lowest BCUT2D eigenvalue weighted by Crippen LogP contribution is -2.54. The largest absolute Gasteiger partial charge is 0.334 e. The van der Waals surface area contributed by atoms with Crippen molar-refractivity contribution in [3.63, 3.8) is 0 Å². The van der Waals surface area contributed by atoms with Gasteiger partial charge in [0.05, 0.1) is 34.3 Å². The average Bonchev–Trinajstić information content (AvgIpc) is 1.58. The molecule has 4 heteroatoms. The highest BCUT2D eigenvalue weighted by molar-refractivity contribution is 6.22. The molecule has 0 saturated heterocycles. The Kier molecular flexibility index (Phi) is 12.0. The summed E-state index contributed by atoms with van der Waals surface area (Å²) in [5.74, 6) is 0. The van der Waals surface area contributed by atoms with Gasteiger partial charge in [-0.05, 0) is 224 Å². The van der Waals surface area contributed by atoms with Crippen LogP contribution in [0.4, 0.5) is 22.7 Å². The predicted molar refractivity (Wildman–Crippen MR) is 349 cm³/mol. The Labute approximate surface area is 494 Å². The Hall–Kier alpha value is -9.48. The van der Waals surface area contributed by atoms with E-state index in [-0.39, 0.29) is 21.9 Å². The van der Waals surface area contributed by atoms with Crippen LogP contribution in [0.2, 0.25) is 0 Å². The summed E-state index contributed by atoms with van der Waals surface area (Å²) in [7, 11) is 0. The van der Waals surface area contributed by atoms with Crippen molar-refractivity contribution in [1.29, 1.82) is 10.5 Å². The number of fused-ring (bicyclic) bond motifs is 8. The summed E-state index contributed by atoms with van der Waals surface area (Å²) in [6.07, 6.45) is 9.23. The molecule has 4 unspecified atom stereocenters. The first kappa shape index (κ1) is 51.4. The van der Waals surface area contributed by atoms with Gasteiger partial charge in [-0.3, -0.25) is 0 Å². The van der Waals surface area contributed by atoms with E-state index in [0.29, 0.717) is 11.1 Å². The number of benzene rings is 11. The van der Waals surface area contributed by atoms with Crippen molar-refractivity contribution in [2.24, 2.45) is 0 Å². The van der Waals surface area contributed by atoms with E-state index in [1.54, 1.807) is 0 Å². The summed E-state index contributed by atoms with van der Waals surface area (Å²) in [5, 5.41) is 24.4. The molecule has 0 aromatic heterocycles. The second-order valence-corrected chi connectivity index (χ2v) is 25.2. The molecule has 0 bridgehead atoms. The van der Waals surface area contributed by atoms with E-state index >= 15 is 0 Å². The fourth-order valence-electron chi connectivity index (χ4n) is 16.1. The van der Waals surface area contributed by atoms with Gasteiger partial charge in [0, 0.05) is 33.6 Å². The molecule has 15 rings (SSSR count). The van der Waals surface area contributed by atoms with Crippen molar-refractivity contribution in [3.05, 3.63) is 253 Å². The van der Waals surface area contributed by atoms with Gasteiger partial charge in [0.1, 0.15) is 0 Å². The van der Waals surface area contributed by atoms with Gasteiger partial charge in [0.15, 0.2) is 0 Å². The fourth-order valence-corrected chi connectivity index (χ4v) is 16.1. The van der Waals surface area contributed by atoms with Crippen LogP contribution in [0, 0.1) is 22.7 Å². The fraction of sp³-hybridized carbons (Fsp3) is 0.200. The molecule has 406 valence electrons. The van der Waals surface area contributed by atoms with Gasteiger partial charge < -0.3 is 9.80 Å². The molecule has 84 heavy (non-hydrogen) atoms. The molecule has 2 aliphatic carbocycles. The first-order valence-electron chi connectivity index (χ1n) is 30.3. The lowest BCUT2D eigenvalue weighted by Gasteiger charge is -2.50. The third kappa shape index (κ3) is 7.77. The molecule has 4 atom stereocenters. The minimum atomic E-state index is -0.119. The highest BCUT2D eigenvalue weighted by Gasteiger charge is 2.59. The topological polar surface area (TPSA) is 54.1 Å². The van der Waals surface area contributed by atoms with Crippen molar-refractivity contribution < 1.29 is 0 Å². The molecular weight excluding hydrogens is 1020 g/mol. The molecule has 4 aliphatic rings. The molecule has 0 radical (unpaired) electrons. The van der Waals surface area contributed by atoms with E-state index in [4.69, 9.17) is 0 Å². The van der Waals surface area contributed by atoms with Crippen molar-refractivity contribution in [1.82, 2.24) is 0 Å². The number of hydrogen-bond acceptors (Lipinski definition) is 4. The molecule has 11 aromatic rings. The summed E-state index contributed by atoms with van der Waals surface area (Å²) < 4.78 is 0. The summed E-state index contributed by atoms with van der Waals surface area (Å²) in [4.78, 5) is 5.20. The average molecular weight is 1080 g/mol. The Bertz CT molecular complexity index is 4200. The molecule has 0 N–H and O–H groups in total. The number of hydrogen-bond donors (Lipinski definition) is 0. The van der Waals surface area contributed by atoms with E-state index in [0.717, 1.165) is 37.1 Å². The van der Waals surface area contributed by atoms with Crippen LogP contribution in [0.3, 0.4) is 0 Å². The zero-order chi connectivity index (χ0) is 57.0. The van der Waals surface area contributed by atoms with Crippen molar-refractivity contribution in [2.75, 3.05) is 9.80 Å². The maximum Gasteiger partial charge on any atom is 0.0991 e. The monoisotopic (exact) mass is 1080 g/mol. The lowest BCUT2D eigenvalue weighted by atomic mass is 9.61. The normalized spacial score (nSPS) is 21.3. The quantitative estimate of drug-likeness (QED) is 0.142. The molecule has 0 amide bonds. The third-order valence-corrected chi connectivity index (χ3v) is 21.1. The Morgan fingerprint density at radius 1 is 0.310 bits per heavy atom. The van der Waals surface area contributed by atoms with E-state index in [1.165, 1.54) is 136 Å². The van der Waals surface area contributed by atoms with Crippen LogP contribution in [0.5, 0.6) is 0 Å². The van der Waals surface area contributed by atoms with Crippen molar-refractivity contribution in [2.45, 2.75) is 101 Å². The second kappa shape index (κ2) is 19.6. The first-order chi connectivity index (χ1) is 41.0. The van der Waals surface area contributed by atoms with Crippen LogP contribution >= 0.6 is 0 Å². The van der Waals surface area contributed by atoms with Gasteiger partial charge in [-0.2, -0.15) is 10.5 Å². The van der Waals surface area contributed by atoms with Crippen LogP contribution < -0.4 is 9.80 Å². The summed E-state index contributed by atoms with van der Waals surface area (Å²) in [6.45, 7) is 9.97. The highest BCUT2D eigenvalue weighted by Crippen LogP contribution is 2.63. The van der Waals surface area contributed by atoms with Gasteiger partial charge in [0.25, 0.3) is 0 Å². The Balaban J connectivity index is 0.945. The summed E-state index contributed by atoms with van der Waals surface area (Å²) >= 11 is 0. The van der Waals surface area contributed by atoms with Crippen molar-refractivity contribution >= 4 is 44.3 Å². The summed E-state index contributed by atoms with van der Waals surface area (Å²) in [5.41, 5.74) is 23.1. The van der Waals surface area contributed by atoms with Gasteiger partial charge in [-0.25, -0.2) is 0 Å². The van der Waals surface area contributed by atoms with Crippen molar-refractivity contribution in [3.8, 4) is 78.9 Å². The van der Waals surface area contributed by atoms with Gasteiger partial charge in [-0.15, -0.1) is 0 Å². The van der Waals surface area contributed by atoms with E-state index in [9.17, 15) is 10.5 Å². The van der Waals surface area contributed by atoms with Gasteiger partial charge in [-0.1, -0.05) is 185 Å². The number of rotatable bonds is 8. The molecule has 11 aromatic carbocycles. The van der Waals surface area contributed by atoms with Gasteiger partial charge >= 0.3 is 0 Å². The number of nitriles is 2. The second-order valence-electron chi connectivity index (χ2n) is 25.2. The van der Waals surface area contributed by atoms with E-state index < -0.39 is 0 Å². The number of nitrogens with zero attached hydrogens (tertiary/aromatic N) is 4. The third-order valence-electron chi connectivity index (χ3n) is 21.1. The molecule has 0 spiro atoms. The zero-order valence-electron chi connectivity index (χ0n) is 48.4. The Morgan fingerprint density at radius 3 is 1.01 bits per heavy atom. The van der Waals surface area contributed by atoms with Crippen LogP contribution in [0.1, 0.15) is 101 Å². The van der Waals surface area contributed by atoms with Gasteiger partial charge in [0.2, 0.25) is 0 Å². The Morgan fingerprint density at radius 2 is 0.631 bits per heavy atom. The summed E-state index contributed by atoms with van der Waals surface area (Å²) in [6, 6.07) is 90.1. The van der Waals surface area contributed by atoms with E-state index in [1.807, 2.05) is 24.3 Å². The first-order valence-corrected chi connectivity index (χ1v) is 30.3. The minimum absolute atomic E-state index is 0.0724. The van der Waals surface area contributed by atoms with Crippen LogP contribution in [-0.2, 0) is 10.8 Å².